The Kier molecular flexibility index (Phi) is 5.42. The summed E-state index contributed by atoms with van der Waals surface area (Å²) in [7, 11) is 1.43. The van der Waals surface area contributed by atoms with E-state index >= 15 is 0 Å². The van der Waals surface area contributed by atoms with E-state index in [9.17, 15) is 4.39 Å². The van der Waals surface area contributed by atoms with Gasteiger partial charge in [0.2, 0.25) is 0 Å². The minimum atomic E-state index is -0.390. The Bertz CT molecular complexity index is 419. The van der Waals surface area contributed by atoms with Crippen molar-refractivity contribution in [3.05, 3.63) is 29.6 Å². The Labute approximate surface area is 107 Å². The second-order valence-electron chi connectivity index (χ2n) is 4.45. The lowest BCUT2D eigenvalue weighted by Crippen LogP contribution is -2.34. The Morgan fingerprint density at radius 3 is 2.78 bits per heavy atom. The Morgan fingerprint density at radius 2 is 2.22 bits per heavy atom. The highest BCUT2D eigenvalue weighted by molar-refractivity contribution is 5.77. The Balaban J connectivity index is 2.57. The summed E-state index contributed by atoms with van der Waals surface area (Å²) in [5, 5.41) is 3.00. The SMILES string of the molecule is COc1ccc(CN=C(N)NCC(C)C)cc1F. The standard InChI is InChI=1S/C13H20FN3O/c1-9(2)7-16-13(15)17-8-10-4-5-12(18-3)11(14)6-10/h4-6,9H,7-8H2,1-3H3,(H3,15,16,17). The van der Waals surface area contributed by atoms with Gasteiger partial charge >= 0.3 is 0 Å². The van der Waals surface area contributed by atoms with Gasteiger partial charge in [0.05, 0.1) is 13.7 Å². The lowest BCUT2D eigenvalue weighted by molar-refractivity contribution is 0.386. The summed E-state index contributed by atoms with van der Waals surface area (Å²) in [4.78, 5) is 4.14. The first kappa shape index (κ1) is 14.3. The van der Waals surface area contributed by atoms with E-state index in [1.807, 2.05) is 0 Å². The molecule has 0 atom stereocenters. The van der Waals surface area contributed by atoms with Crippen molar-refractivity contribution in [1.82, 2.24) is 5.32 Å². The van der Waals surface area contributed by atoms with Crippen molar-refractivity contribution in [2.75, 3.05) is 13.7 Å². The fraction of sp³-hybridized carbons (Fsp3) is 0.462. The maximum absolute atomic E-state index is 13.4. The minimum absolute atomic E-state index is 0.230. The molecule has 5 heteroatoms. The summed E-state index contributed by atoms with van der Waals surface area (Å²) < 4.78 is 18.3. The van der Waals surface area contributed by atoms with Crippen LogP contribution in [0.5, 0.6) is 5.75 Å². The number of nitrogens with zero attached hydrogens (tertiary/aromatic N) is 1. The molecule has 18 heavy (non-hydrogen) atoms. The average molecular weight is 253 g/mol. The maximum atomic E-state index is 13.4. The normalized spacial score (nSPS) is 11.7. The molecule has 4 nitrogen and oxygen atoms in total. The third-order valence-corrected chi connectivity index (χ3v) is 2.34. The van der Waals surface area contributed by atoms with Gasteiger partial charge in [0, 0.05) is 6.54 Å². The van der Waals surface area contributed by atoms with Crippen LogP contribution >= 0.6 is 0 Å². The van der Waals surface area contributed by atoms with Crippen LogP contribution in [0.2, 0.25) is 0 Å². The van der Waals surface area contributed by atoms with Gasteiger partial charge in [-0.1, -0.05) is 19.9 Å². The van der Waals surface area contributed by atoms with E-state index in [1.165, 1.54) is 13.2 Å². The van der Waals surface area contributed by atoms with Gasteiger partial charge in [-0.3, -0.25) is 0 Å². The summed E-state index contributed by atoms with van der Waals surface area (Å²) >= 11 is 0. The molecule has 100 valence electrons. The summed E-state index contributed by atoms with van der Waals surface area (Å²) in [6.45, 7) is 5.28. The zero-order chi connectivity index (χ0) is 13.5. The summed E-state index contributed by atoms with van der Waals surface area (Å²) in [6, 6.07) is 4.75. The lowest BCUT2D eigenvalue weighted by atomic mass is 10.2. The highest BCUT2D eigenvalue weighted by Crippen LogP contribution is 2.17. The topological polar surface area (TPSA) is 59.6 Å². The molecular weight excluding hydrogens is 233 g/mol. The fourth-order valence-electron chi connectivity index (χ4n) is 1.35. The zero-order valence-electron chi connectivity index (χ0n) is 11.0. The summed E-state index contributed by atoms with van der Waals surface area (Å²) in [5.74, 6) is 0.713. The molecule has 0 aliphatic heterocycles. The van der Waals surface area contributed by atoms with Crippen LogP contribution in [0.1, 0.15) is 19.4 Å². The van der Waals surface area contributed by atoms with Gasteiger partial charge in [-0.05, 0) is 23.6 Å². The monoisotopic (exact) mass is 253 g/mol. The van der Waals surface area contributed by atoms with Crippen molar-refractivity contribution in [1.29, 1.82) is 0 Å². The van der Waals surface area contributed by atoms with Gasteiger partial charge in [-0.15, -0.1) is 0 Å². The fourth-order valence-corrected chi connectivity index (χ4v) is 1.35. The van der Waals surface area contributed by atoms with Crippen LogP contribution in [-0.4, -0.2) is 19.6 Å². The van der Waals surface area contributed by atoms with E-state index in [4.69, 9.17) is 10.5 Å². The molecule has 0 bridgehead atoms. The quantitative estimate of drug-likeness (QED) is 0.622. The number of methoxy groups -OCH3 is 1. The molecule has 0 saturated heterocycles. The van der Waals surface area contributed by atoms with Gasteiger partial charge in [-0.25, -0.2) is 9.38 Å². The molecule has 0 saturated carbocycles. The van der Waals surface area contributed by atoms with Crippen molar-refractivity contribution in [3.8, 4) is 5.75 Å². The molecule has 1 aromatic rings. The van der Waals surface area contributed by atoms with Crippen LogP contribution in [0.4, 0.5) is 4.39 Å². The first-order chi connectivity index (χ1) is 8.52. The minimum Gasteiger partial charge on any atom is -0.494 e. The van der Waals surface area contributed by atoms with Crippen LogP contribution < -0.4 is 15.8 Å². The number of benzene rings is 1. The van der Waals surface area contributed by atoms with Gasteiger partial charge in [0.25, 0.3) is 0 Å². The van der Waals surface area contributed by atoms with E-state index in [0.29, 0.717) is 18.4 Å². The van der Waals surface area contributed by atoms with E-state index in [-0.39, 0.29) is 11.6 Å². The zero-order valence-corrected chi connectivity index (χ0v) is 11.0. The number of nitrogens with one attached hydrogen (secondary N) is 1. The number of rotatable bonds is 5. The second kappa shape index (κ2) is 6.83. The molecule has 0 fully saturated rings. The Hall–Kier alpha value is -1.78. The van der Waals surface area contributed by atoms with E-state index in [1.54, 1.807) is 12.1 Å². The summed E-state index contributed by atoms with van der Waals surface area (Å²) in [5.41, 5.74) is 6.44. The number of guanidine groups is 1. The number of aliphatic imine (C=N–C) groups is 1. The molecule has 0 aliphatic rings. The van der Waals surface area contributed by atoms with E-state index in [2.05, 4.69) is 24.2 Å². The molecule has 0 amide bonds. The summed E-state index contributed by atoms with van der Waals surface area (Å²) in [6.07, 6.45) is 0. The van der Waals surface area contributed by atoms with Crippen molar-refractivity contribution in [2.45, 2.75) is 20.4 Å². The smallest absolute Gasteiger partial charge is 0.188 e. The van der Waals surface area contributed by atoms with Crippen LogP contribution in [0, 0.1) is 11.7 Å². The first-order valence-electron chi connectivity index (χ1n) is 5.89. The molecule has 0 aliphatic carbocycles. The molecule has 0 radical (unpaired) electrons. The maximum Gasteiger partial charge on any atom is 0.188 e. The van der Waals surface area contributed by atoms with Crippen LogP contribution in [-0.2, 0) is 6.54 Å². The first-order valence-corrected chi connectivity index (χ1v) is 5.89. The number of ether oxygens (including phenoxy) is 1. The third kappa shape index (κ3) is 4.61. The van der Waals surface area contributed by atoms with Gasteiger partial charge in [0.15, 0.2) is 17.5 Å². The molecular formula is C13H20FN3O. The molecule has 1 aromatic carbocycles. The molecule has 3 N–H and O–H groups in total. The molecule has 0 heterocycles. The highest BCUT2D eigenvalue weighted by Gasteiger charge is 2.03. The number of halogens is 1. The van der Waals surface area contributed by atoms with Gasteiger partial charge < -0.3 is 15.8 Å². The largest absolute Gasteiger partial charge is 0.494 e. The predicted molar refractivity (Wildman–Crippen MR) is 71.1 cm³/mol. The predicted octanol–water partition coefficient (Wildman–Crippen LogP) is 1.89. The Morgan fingerprint density at radius 1 is 1.50 bits per heavy atom. The lowest BCUT2D eigenvalue weighted by Gasteiger charge is -2.08. The van der Waals surface area contributed by atoms with E-state index < -0.39 is 0 Å². The van der Waals surface area contributed by atoms with Gasteiger partial charge in [-0.2, -0.15) is 0 Å². The van der Waals surface area contributed by atoms with E-state index in [0.717, 1.165) is 12.1 Å². The van der Waals surface area contributed by atoms with Crippen LogP contribution in [0.25, 0.3) is 0 Å². The van der Waals surface area contributed by atoms with Crippen molar-refractivity contribution in [2.24, 2.45) is 16.6 Å². The second-order valence-corrected chi connectivity index (χ2v) is 4.45. The molecule has 1 rings (SSSR count). The van der Waals surface area contributed by atoms with Crippen LogP contribution in [0.3, 0.4) is 0 Å². The van der Waals surface area contributed by atoms with Crippen molar-refractivity contribution in [3.63, 3.8) is 0 Å². The molecule has 0 aromatic heterocycles. The molecule has 0 unspecified atom stereocenters. The average Bonchev–Trinajstić information content (AvgIpc) is 2.34. The number of hydrogen-bond acceptors (Lipinski definition) is 2. The van der Waals surface area contributed by atoms with Gasteiger partial charge in [0.1, 0.15) is 0 Å². The number of nitrogens with two attached hydrogens (primary N) is 1. The third-order valence-electron chi connectivity index (χ3n) is 2.34. The number of hydrogen-bond donors (Lipinski definition) is 2. The van der Waals surface area contributed by atoms with Crippen molar-refractivity contribution >= 4 is 5.96 Å². The van der Waals surface area contributed by atoms with Crippen LogP contribution in [0.15, 0.2) is 23.2 Å². The van der Waals surface area contributed by atoms with Crippen molar-refractivity contribution < 1.29 is 9.13 Å². The molecule has 0 spiro atoms. The highest BCUT2D eigenvalue weighted by atomic mass is 19.1.